The molecule has 0 spiro atoms. The van der Waals surface area contributed by atoms with E-state index in [-0.39, 0.29) is 24.3 Å². The van der Waals surface area contributed by atoms with Gasteiger partial charge in [0, 0.05) is 31.7 Å². The number of nitrogens with two attached hydrogens (primary N) is 1. The zero-order valence-corrected chi connectivity index (χ0v) is 15.3. The first-order valence-corrected chi connectivity index (χ1v) is 8.79. The van der Waals surface area contributed by atoms with E-state index in [4.69, 9.17) is 10.5 Å². The predicted octanol–water partition coefficient (Wildman–Crippen LogP) is 1.32. The van der Waals surface area contributed by atoms with Crippen LogP contribution >= 0.6 is 0 Å². The predicted molar refractivity (Wildman–Crippen MR) is 102 cm³/mol. The second-order valence-electron chi connectivity index (χ2n) is 6.48. The molecule has 3 rings (SSSR count). The Balaban J connectivity index is 1.67. The molecule has 142 valence electrons. The fourth-order valence-electron chi connectivity index (χ4n) is 3.05. The van der Waals surface area contributed by atoms with Gasteiger partial charge >= 0.3 is 0 Å². The molecule has 0 unspecified atom stereocenters. The van der Waals surface area contributed by atoms with E-state index in [0.717, 1.165) is 37.0 Å². The first-order valence-electron chi connectivity index (χ1n) is 8.79. The smallest absolute Gasteiger partial charge is 0.267 e. The van der Waals surface area contributed by atoms with Crippen molar-refractivity contribution in [2.45, 2.75) is 18.9 Å². The zero-order valence-electron chi connectivity index (χ0n) is 15.3. The Labute approximate surface area is 157 Å². The van der Waals surface area contributed by atoms with Gasteiger partial charge in [-0.15, -0.1) is 0 Å². The fraction of sp³-hybridized carbons (Fsp3) is 0.368. The van der Waals surface area contributed by atoms with E-state index >= 15 is 0 Å². The Kier molecular flexibility index (Phi) is 5.66. The molecule has 0 aromatic carbocycles. The number of piperidine rings is 1. The second kappa shape index (κ2) is 8.13. The highest BCUT2D eigenvalue weighted by Gasteiger charge is 2.23. The van der Waals surface area contributed by atoms with Gasteiger partial charge in [-0.05, 0) is 31.2 Å². The van der Waals surface area contributed by atoms with Gasteiger partial charge in [-0.2, -0.15) is 0 Å². The van der Waals surface area contributed by atoms with Gasteiger partial charge in [-0.25, -0.2) is 4.98 Å². The van der Waals surface area contributed by atoms with E-state index in [1.165, 1.54) is 11.1 Å². The molecule has 3 heterocycles. The van der Waals surface area contributed by atoms with E-state index in [1.807, 2.05) is 0 Å². The molecule has 1 saturated heterocycles. The topological polar surface area (TPSA) is 102 Å². The van der Waals surface area contributed by atoms with E-state index in [0.29, 0.717) is 5.52 Å². The molecule has 2 amide bonds. The van der Waals surface area contributed by atoms with Crippen molar-refractivity contribution in [2.75, 3.05) is 31.6 Å². The molecule has 2 aromatic heterocycles. The highest BCUT2D eigenvalue weighted by molar-refractivity contribution is 5.96. The van der Waals surface area contributed by atoms with Crippen LogP contribution in [0.3, 0.4) is 0 Å². The summed E-state index contributed by atoms with van der Waals surface area (Å²) in [4.78, 5) is 35.5. The van der Waals surface area contributed by atoms with Crippen LogP contribution in [0.5, 0.6) is 0 Å². The van der Waals surface area contributed by atoms with Crippen LogP contribution in [0.15, 0.2) is 37.3 Å². The van der Waals surface area contributed by atoms with E-state index < -0.39 is 5.91 Å². The number of fused-ring (bicyclic) bond motifs is 1. The molecule has 1 fully saturated rings. The van der Waals surface area contributed by atoms with E-state index in [2.05, 4.69) is 21.4 Å². The standard InChI is InChI=1S/C19H23N5O3/c1-3-23(2)17(25)12-27-14-6-8-24(9-7-14)16-11-21-10-13-4-5-15(19(20)26)22-18(13)16/h3-5,10-11,14H,1,6-9,12H2,2H3,(H2,20,26). The monoisotopic (exact) mass is 369 g/mol. The number of pyridine rings is 2. The molecule has 0 saturated carbocycles. The van der Waals surface area contributed by atoms with Crippen molar-refractivity contribution in [1.82, 2.24) is 14.9 Å². The van der Waals surface area contributed by atoms with Gasteiger partial charge in [-0.3, -0.25) is 14.6 Å². The third-order valence-electron chi connectivity index (χ3n) is 4.72. The summed E-state index contributed by atoms with van der Waals surface area (Å²) in [6.45, 7) is 5.11. The Morgan fingerprint density at radius 2 is 2.11 bits per heavy atom. The number of hydrogen-bond donors (Lipinski definition) is 1. The molecule has 1 aliphatic rings. The van der Waals surface area contributed by atoms with Gasteiger partial charge < -0.3 is 20.3 Å². The van der Waals surface area contributed by atoms with Crippen molar-refractivity contribution in [2.24, 2.45) is 5.73 Å². The van der Waals surface area contributed by atoms with Gasteiger partial charge in [0.05, 0.1) is 23.5 Å². The maximum absolute atomic E-state index is 11.8. The van der Waals surface area contributed by atoms with Crippen molar-refractivity contribution < 1.29 is 14.3 Å². The molecule has 0 aliphatic carbocycles. The first kappa shape index (κ1) is 18.8. The fourth-order valence-corrected chi connectivity index (χ4v) is 3.05. The maximum atomic E-state index is 11.8. The summed E-state index contributed by atoms with van der Waals surface area (Å²) in [5.74, 6) is -0.671. The second-order valence-corrected chi connectivity index (χ2v) is 6.48. The number of carbonyl (C=O) groups excluding carboxylic acids is 2. The number of aromatic nitrogens is 2. The Bertz CT molecular complexity index is 862. The minimum absolute atomic E-state index is 0.0282. The molecule has 0 bridgehead atoms. The van der Waals surface area contributed by atoms with Gasteiger partial charge in [0.2, 0.25) is 0 Å². The van der Waals surface area contributed by atoms with Crippen molar-refractivity contribution in [1.29, 1.82) is 0 Å². The lowest BCUT2D eigenvalue weighted by atomic mass is 10.1. The number of ether oxygens (including phenoxy) is 1. The lowest BCUT2D eigenvalue weighted by Crippen LogP contribution is -2.38. The van der Waals surface area contributed by atoms with E-state index in [1.54, 1.807) is 31.6 Å². The van der Waals surface area contributed by atoms with Gasteiger partial charge in [0.1, 0.15) is 12.3 Å². The van der Waals surface area contributed by atoms with Crippen LogP contribution in [0.1, 0.15) is 23.3 Å². The number of carbonyl (C=O) groups is 2. The molecular formula is C19H23N5O3. The summed E-state index contributed by atoms with van der Waals surface area (Å²) < 4.78 is 5.73. The van der Waals surface area contributed by atoms with Crippen molar-refractivity contribution in [3.63, 3.8) is 0 Å². The van der Waals surface area contributed by atoms with Gasteiger partial charge in [0.25, 0.3) is 11.8 Å². The summed E-state index contributed by atoms with van der Waals surface area (Å²) in [6.07, 6.45) is 6.54. The Morgan fingerprint density at radius 3 is 2.78 bits per heavy atom. The lowest BCUT2D eigenvalue weighted by molar-refractivity contribution is -0.134. The highest BCUT2D eigenvalue weighted by atomic mass is 16.5. The highest BCUT2D eigenvalue weighted by Crippen LogP contribution is 2.27. The molecule has 2 aromatic rings. The average molecular weight is 369 g/mol. The Hall–Kier alpha value is -3.00. The van der Waals surface area contributed by atoms with Crippen LogP contribution in [0.4, 0.5) is 5.69 Å². The van der Waals surface area contributed by atoms with Gasteiger partial charge in [-0.1, -0.05) is 6.58 Å². The van der Waals surface area contributed by atoms with Crippen LogP contribution < -0.4 is 10.6 Å². The molecule has 0 atom stereocenters. The average Bonchev–Trinajstić information content (AvgIpc) is 2.70. The minimum Gasteiger partial charge on any atom is -0.368 e. The zero-order chi connectivity index (χ0) is 19.4. The summed E-state index contributed by atoms with van der Waals surface area (Å²) in [5.41, 5.74) is 7.17. The minimum atomic E-state index is -0.555. The number of rotatable bonds is 6. The summed E-state index contributed by atoms with van der Waals surface area (Å²) in [5, 5.41) is 0.855. The van der Waals surface area contributed by atoms with Crippen molar-refractivity contribution >= 4 is 28.4 Å². The third kappa shape index (κ3) is 4.22. The molecule has 8 nitrogen and oxygen atoms in total. The van der Waals surface area contributed by atoms with Crippen LogP contribution in [0.2, 0.25) is 0 Å². The van der Waals surface area contributed by atoms with Crippen LogP contribution in [-0.2, 0) is 9.53 Å². The first-order chi connectivity index (χ1) is 13.0. The molecule has 27 heavy (non-hydrogen) atoms. The number of primary amides is 1. The van der Waals surface area contributed by atoms with Crippen LogP contribution in [0.25, 0.3) is 10.9 Å². The maximum Gasteiger partial charge on any atom is 0.267 e. The van der Waals surface area contributed by atoms with E-state index in [9.17, 15) is 9.59 Å². The van der Waals surface area contributed by atoms with Gasteiger partial charge in [0.15, 0.2) is 0 Å². The Morgan fingerprint density at radius 1 is 1.37 bits per heavy atom. The number of amides is 2. The molecule has 0 radical (unpaired) electrons. The largest absolute Gasteiger partial charge is 0.368 e. The number of hydrogen-bond acceptors (Lipinski definition) is 6. The number of anilines is 1. The number of likely N-dealkylation sites (N-methyl/N-ethyl adjacent to an activating group) is 1. The summed E-state index contributed by atoms with van der Waals surface area (Å²) >= 11 is 0. The third-order valence-corrected chi connectivity index (χ3v) is 4.72. The molecule has 8 heteroatoms. The van der Waals surface area contributed by atoms with Crippen LogP contribution in [0, 0.1) is 0 Å². The SMILES string of the molecule is C=CN(C)C(=O)COC1CCN(c2cncc3ccc(C(N)=O)nc23)CC1. The molecule has 1 aliphatic heterocycles. The number of nitrogens with zero attached hydrogens (tertiary/aromatic N) is 4. The molecular weight excluding hydrogens is 346 g/mol. The quantitative estimate of drug-likeness (QED) is 0.824. The normalized spacial score (nSPS) is 14.9. The molecule has 2 N–H and O–H groups in total. The van der Waals surface area contributed by atoms with Crippen molar-refractivity contribution in [3.8, 4) is 0 Å². The van der Waals surface area contributed by atoms with Crippen LogP contribution in [-0.4, -0.2) is 59.5 Å². The lowest BCUT2D eigenvalue weighted by Gasteiger charge is -2.33. The summed E-state index contributed by atoms with van der Waals surface area (Å²) in [6, 6.07) is 3.41. The van der Waals surface area contributed by atoms with Crippen molar-refractivity contribution in [3.05, 3.63) is 43.0 Å². The summed E-state index contributed by atoms with van der Waals surface area (Å²) in [7, 11) is 1.65.